The van der Waals surface area contributed by atoms with E-state index in [1.54, 1.807) is 0 Å². The summed E-state index contributed by atoms with van der Waals surface area (Å²) in [6.07, 6.45) is 3.93. The maximum absolute atomic E-state index is 5.63. The minimum atomic E-state index is -0.0685. The van der Waals surface area contributed by atoms with Crippen molar-refractivity contribution in [2.75, 3.05) is 13.7 Å². The number of hydrogen-bond donors (Lipinski definition) is 1. The van der Waals surface area contributed by atoms with Gasteiger partial charge >= 0.3 is 0 Å². The van der Waals surface area contributed by atoms with Crippen LogP contribution >= 0.6 is 0 Å². The average molecular weight is 211 g/mol. The molecule has 0 radical (unpaired) electrons. The van der Waals surface area contributed by atoms with Crippen molar-refractivity contribution in [1.29, 1.82) is 0 Å². The number of aromatic nitrogens is 2. The van der Waals surface area contributed by atoms with E-state index in [1.165, 1.54) is 5.56 Å². The van der Waals surface area contributed by atoms with Crippen molar-refractivity contribution in [3.05, 3.63) is 18.0 Å². The molecule has 0 unspecified atom stereocenters. The van der Waals surface area contributed by atoms with Gasteiger partial charge in [-0.05, 0) is 27.8 Å². The third-order valence-electron chi connectivity index (χ3n) is 1.92. The van der Waals surface area contributed by atoms with E-state index in [9.17, 15) is 0 Å². The normalized spacial score (nSPS) is 12.0. The van der Waals surface area contributed by atoms with Crippen LogP contribution in [0.15, 0.2) is 12.4 Å². The summed E-state index contributed by atoms with van der Waals surface area (Å²) < 4.78 is 7.54. The van der Waals surface area contributed by atoms with Crippen LogP contribution in [0.2, 0.25) is 0 Å². The van der Waals surface area contributed by atoms with Gasteiger partial charge in [0.1, 0.15) is 0 Å². The van der Waals surface area contributed by atoms with Crippen molar-refractivity contribution in [3.63, 3.8) is 0 Å². The first-order chi connectivity index (χ1) is 7.01. The molecule has 4 heteroatoms. The largest absolute Gasteiger partial charge is 0.374 e. The zero-order valence-corrected chi connectivity index (χ0v) is 10.1. The first kappa shape index (κ1) is 12.2. The van der Waals surface area contributed by atoms with Gasteiger partial charge in [0.2, 0.25) is 0 Å². The molecule has 1 rings (SSSR count). The number of hydrogen-bond acceptors (Lipinski definition) is 3. The van der Waals surface area contributed by atoms with Crippen LogP contribution in [0.25, 0.3) is 0 Å². The Kier molecular flexibility index (Phi) is 4.29. The molecule has 15 heavy (non-hydrogen) atoms. The second-order valence-electron chi connectivity index (χ2n) is 4.60. The molecule has 0 saturated carbocycles. The molecule has 0 aliphatic rings. The van der Waals surface area contributed by atoms with Crippen molar-refractivity contribution in [2.24, 2.45) is 0 Å². The molecular formula is C11H21N3O. The lowest BCUT2D eigenvalue weighted by Gasteiger charge is -2.19. The fraction of sp³-hybridized carbons (Fsp3) is 0.727. The Morgan fingerprint density at radius 2 is 2.20 bits per heavy atom. The highest BCUT2D eigenvalue weighted by Crippen LogP contribution is 2.06. The first-order valence-electron chi connectivity index (χ1n) is 5.31. The molecule has 4 nitrogen and oxygen atoms in total. The number of nitrogens with zero attached hydrogens (tertiary/aromatic N) is 2. The minimum absolute atomic E-state index is 0.0685. The van der Waals surface area contributed by atoms with E-state index in [1.807, 2.05) is 24.1 Å². The maximum atomic E-state index is 5.63. The van der Waals surface area contributed by atoms with Gasteiger partial charge in [0.15, 0.2) is 0 Å². The molecule has 1 N–H and O–H groups in total. The average Bonchev–Trinajstić information content (AvgIpc) is 2.51. The highest BCUT2D eigenvalue weighted by Gasteiger charge is 2.09. The van der Waals surface area contributed by atoms with E-state index in [2.05, 4.69) is 31.2 Å². The molecule has 0 aliphatic heterocycles. The van der Waals surface area contributed by atoms with Crippen LogP contribution in [0.3, 0.4) is 0 Å². The Morgan fingerprint density at radius 1 is 1.47 bits per heavy atom. The fourth-order valence-electron chi connectivity index (χ4n) is 1.27. The second-order valence-corrected chi connectivity index (χ2v) is 4.60. The molecule has 1 heterocycles. The van der Waals surface area contributed by atoms with Gasteiger partial charge in [-0.25, -0.2) is 0 Å². The van der Waals surface area contributed by atoms with Crippen LogP contribution in [0.1, 0.15) is 26.3 Å². The quantitative estimate of drug-likeness (QED) is 0.800. The second kappa shape index (κ2) is 5.28. The Labute approximate surface area is 91.6 Å². The zero-order valence-electron chi connectivity index (χ0n) is 10.1. The van der Waals surface area contributed by atoms with E-state index in [4.69, 9.17) is 4.74 Å². The van der Waals surface area contributed by atoms with Crippen LogP contribution in [-0.2, 0) is 17.8 Å². The lowest BCUT2D eigenvalue weighted by molar-refractivity contribution is -0.00789. The smallest absolute Gasteiger partial charge is 0.0669 e. The molecule has 1 aromatic heterocycles. The summed E-state index contributed by atoms with van der Waals surface area (Å²) in [6, 6.07) is 0. The summed E-state index contributed by atoms with van der Waals surface area (Å²) in [6.45, 7) is 8.54. The number of ether oxygens (including phenoxy) is 1. The van der Waals surface area contributed by atoms with E-state index in [0.29, 0.717) is 6.61 Å². The number of rotatable bonds is 5. The predicted octanol–water partition coefficient (Wildman–Crippen LogP) is 1.42. The van der Waals surface area contributed by atoms with Crippen molar-refractivity contribution in [3.8, 4) is 0 Å². The lowest BCUT2D eigenvalue weighted by Crippen LogP contribution is -2.22. The van der Waals surface area contributed by atoms with Crippen LogP contribution in [-0.4, -0.2) is 29.0 Å². The van der Waals surface area contributed by atoms with Crippen LogP contribution in [0.5, 0.6) is 0 Å². The van der Waals surface area contributed by atoms with Gasteiger partial charge in [-0.15, -0.1) is 0 Å². The minimum Gasteiger partial charge on any atom is -0.374 e. The summed E-state index contributed by atoms with van der Waals surface area (Å²) in [4.78, 5) is 0. The van der Waals surface area contributed by atoms with Crippen LogP contribution in [0, 0.1) is 0 Å². The molecule has 0 aliphatic carbocycles. The summed E-state index contributed by atoms with van der Waals surface area (Å²) in [5.41, 5.74) is 1.13. The third kappa shape index (κ3) is 4.95. The SMILES string of the molecule is CNCc1cnn(CCOC(C)(C)C)c1. The third-order valence-corrected chi connectivity index (χ3v) is 1.92. The lowest BCUT2D eigenvalue weighted by atomic mass is 10.2. The van der Waals surface area contributed by atoms with E-state index in [0.717, 1.165) is 13.1 Å². The van der Waals surface area contributed by atoms with Crippen LogP contribution < -0.4 is 5.32 Å². The molecule has 0 fully saturated rings. The van der Waals surface area contributed by atoms with Gasteiger partial charge in [0.25, 0.3) is 0 Å². The van der Waals surface area contributed by atoms with Gasteiger partial charge < -0.3 is 10.1 Å². The van der Waals surface area contributed by atoms with Crippen LogP contribution in [0.4, 0.5) is 0 Å². The first-order valence-corrected chi connectivity index (χ1v) is 5.31. The molecule has 86 valence electrons. The molecular weight excluding hydrogens is 190 g/mol. The molecule has 0 amide bonds. The Balaban J connectivity index is 2.31. The Bertz CT molecular complexity index is 288. The Morgan fingerprint density at radius 3 is 2.80 bits per heavy atom. The van der Waals surface area contributed by atoms with Crippen molar-refractivity contribution in [2.45, 2.75) is 39.5 Å². The van der Waals surface area contributed by atoms with Crippen molar-refractivity contribution >= 4 is 0 Å². The van der Waals surface area contributed by atoms with Gasteiger partial charge in [-0.1, -0.05) is 0 Å². The summed E-state index contributed by atoms with van der Waals surface area (Å²) in [5.74, 6) is 0. The predicted molar refractivity (Wildman–Crippen MR) is 60.7 cm³/mol. The molecule has 0 atom stereocenters. The van der Waals surface area contributed by atoms with E-state index in [-0.39, 0.29) is 5.60 Å². The van der Waals surface area contributed by atoms with Crippen molar-refractivity contribution < 1.29 is 4.74 Å². The maximum Gasteiger partial charge on any atom is 0.0669 e. The van der Waals surface area contributed by atoms with Gasteiger partial charge in [-0.3, -0.25) is 4.68 Å². The topological polar surface area (TPSA) is 39.1 Å². The standard InChI is InChI=1S/C11H21N3O/c1-11(2,3)15-6-5-14-9-10(7-12-4)8-13-14/h8-9,12H,5-7H2,1-4H3. The Hall–Kier alpha value is -0.870. The molecule has 0 aromatic carbocycles. The van der Waals surface area contributed by atoms with Crippen molar-refractivity contribution in [1.82, 2.24) is 15.1 Å². The van der Waals surface area contributed by atoms with Gasteiger partial charge in [0.05, 0.1) is 24.9 Å². The van der Waals surface area contributed by atoms with Gasteiger partial charge in [-0.2, -0.15) is 5.10 Å². The molecule has 1 aromatic rings. The molecule has 0 spiro atoms. The number of nitrogens with one attached hydrogen (secondary N) is 1. The summed E-state index contributed by atoms with van der Waals surface area (Å²) >= 11 is 0. The summed E-state index contributed by atoms with van der Waals surface area (Å²) in [7, 11) is 1.93. The highest BCUT2D eigenvalue weighted by atomic mass is 16.5. The van der Waals surface area contributed by atoms with Gasteiger partial charge in [0, 0.05) is 18.3 Å². The molecule has 0 bridgehead atoms. The summed E-state index contributed by atoms with van der Waals surface area (Å²) in [5, 5.41) is 7.34. The molecule has 0 saturated heterocycles. The fourth-order valence-corrected chi connectivity index (χ4v) is 1.27. The van der Waals surface area contributed by atoms with E-state index >= 15 is 0 Å². The monoisotopic (exact) mass is 211 g/mol. The highest BCUT2D eigenvalue weighted by molar-refractivity contribution is 5.02. The van der Waals surface area contributed by atoms with E-state index < -0.39 is 0 Å². The zero-order chi connectivity index (χ0) is 11.3.